The number of hydrogen-bond donors (Lipinski definition) is 0. The van der Waals surface area contributed by atoms with Crippen molar-refractivity contribution in [1.82, 2.24) is 9.21 Å². The maximum absolute atomic E-state index is 13.0. The molecule has 3 aliphatic rings. The Bertz CT molecular complexity index is 907. The molecule has 28 heavy (non-hydrogen) atoms. The summed E-state index contributed by atoms with van der Waals surface area (Å²) in [6.45, 7) is 1.43. The summed E-state index contributed by atoms with van der Waals surface area (Å²) in [4.78, 5) is 29.6. The van der Waals surface area contributed by atoms with E-state index in [0.717, 1.165) is 23.3 Å². The van der Waals surface area contributed by atoms with Gasteiger partial charge in [0.2, 0.25) is 15.9 Å². The molecule has 0 spiro atoms. The number of rotatable bonds is 6. The first-order valence-corrected chi connectivity index (χ1v) is 11.9. The van der Waals surface area contributed by atoms with Crippen molar-refractivity contribution >= 4 is 38.2 Å². The van der Waals surface area contributed by atoms with E-state index in [1.54, 1.807) is 23.4 Å². The summed E-state index contributed by atoms with van der Waals surface area (Å²) in [5, 5.41) is 0.628. The van der Waals surface area contributed by atoms with Crippen molar-refractivity contribution < 1.29 is 22.7 Å². The summed E-state index contributed by atoms with van der Waals surface area (Å²) >= 11 is 1.37. The van der Waals surface area contributed by atoms with Crippen LogP contribution in [0.5, 0.6) is 0 Å². The van der Waals surface area contributed by atoms with Gasteiger partial charge in [-0.25, -0.2) is 8.42 Å². The molecular formula is C18H25N3O5S2. The smallest absolute Gasteiger partial charge is 0.257 e. The van der Waals surface area contributed by atoms with Gasteiger partial charge in [-0.15, -0.1) is 11.3 Å². The molecule has 1 aromatic heterocycles. The highest BCUT2D eigenvalue weighted by Gasteiger charge is 2.39. The second kappa shape index (κ2) is 7.40. The predicted molar refractivity (Wildman–Crippen MR) is 106 cm³/mol. The van der Waals surface area contributed by atoms with Gasteiger partial charge in [-0.3, -0.25) is 14.5 Å². The molecule has 0 unspecified atom stereocenters. The van der Waals surface area contributed by atoms with Crippen LogP contribution in [-0.4, -0.2) is 75.6 Å². The third kappa shape index (κ3) is 3.58. The highest BCUT2D eigenvalue weighted by atomic mass is 32.2. The first kappa shape index (κ1) is 19.8. The van der Waals surface area contributed by atoms with Crippen LogP contribution < -0.4 is 4.90 Å². The average Bonchev–Trinajstić information content (AvgIpc) is 3.38. The Morgan fingerprint density at radius 1 is 1.21 bits per heavy atom. The third-order valence-corrected chi connectivity index (χ3v) is 8.77. The molecule has 1 saturated carbocycles. The number of nitrogens with zero attached hydrogens (tertiary/aromatic N) is 3. The number of sulfonamides is 1. The normalized spacial score (nSPS) is 20.9. The Labute approximate surface area is 169 Å². The number of hydrogen-bond acceptors (Lipinski definition) is 6. The monoisotopic (exact) mass is 427 g/mol. The number of fused-ring (bicyclic) bond motifs is 3. The van der Waals surface area contributed by atoms with Crippen molar-refractivity contribution in [2.24, 2.45) is 5.92 Å². The average molecular weight is 428 g/mol. The summed E-state index contributed by atoms with van der Waals surface area (Å²) in [5.41, 5.74) is 1.45. The molecule has 10 heteroatoms. The van der Waals surface area contributed by atoms with E-state index in [0.29, 0.717) is 42.6 Å². The van der Waals surface area contributed by atoms with Gasteiger partial charge in [0.1, 0.15) is 11.5 Å². The summed E-state index contributed by atoms with van der Waals surface area (Å²) in [7, 11) is -0.0900. The van der Waals surface area contributed by atoms with Crippen LogP contribution in [0.2, 0.25) is 0 Å². The fraction of sp³-hybridized carbons (Fsp3) is 0.667. The molecule has 0 atom stereocenters. The minimum atomic E-state index is -3.29. The Morgan fingerprint density at radius 2 is 1.96 bits per heavy atom. The largest absolute Gasteiger partial charge is 0.383 e. The van der Waals surface area contributed by atoms with Gasteiger partial charge >= 0.3 is 0 Å². The van der Waals surface area contributed by atoms with Gasteiger partial charge in [-0.2, -0.15) is 4.31 Å². The van der Waals surface area contributed by atoms with Crippen LogP contribution >= 0.6 is 11.3 Å². The quantitative estimate of drug-likeness (QED) is 0.674. The molecule has 0 N–H and O–H groups in total. The van der Waals surface area contributed by atoms with E-state index in [-0.39, 0.29) is 30.7 Å². The second-order valence-corrected chi connectivity index (χ2v) is 10.8. The molecule has 1 fully saturated rings. The van der Waals surface area contributed by atoms with Crippen LogP contribution in [0.25, 0.3) is 0 Å². The topological polar surface area (TPSA) is 87.2 Å². The van der Waals surface area contributed by atoms with Crippen molar-refractivity contribution in [3.05, 3.63) is 16.0 Å². The molecule has 0 saturated heterocycles. The third-order valence-electron chi connectivity index (χ3n) is 5.54. The molecule has 1 aromatic rings. The molecule has 4 rings (SSSR count). The van der Waals surface area contributed by atoms with Gasteiger partial charge < -0.3 is 9.64 Å². The Kier molecular flexibility index (Phi) is 5.24. The number of amides is 2. The summed E-state index contributed by atoms with van der Waals surface area (Å²) in [5.74, 6) is 0.190. The van der Waals surface area contributed by atoms with Crippen molar-refractivity contribution in [3.63, 3.8) is 0 Å². The van der Waals surface area contributed by atoms with Crippen molar-refractivity contribution in [1.29, 1.82) is 0 Å². The number of carbonyl (C=O) groups excluding carboxylic acids is 2. The standard InChI is InChI=1S/C18H25N3O5S2/c1-19-10-15(22)21(7-8-26-2)18-16(17(19)23)13-5-6-20(9-14(13)27-18)28(24,25)11-12-3-4-12/h12H,3-11H2,1-2H3. The van der Waals surface area contributed by atoms with Crippen LogP contribution in [0.3, 0.4) is 0 Å². The Hall–Kier alpha value is -1.49. The lowest BCUT2D eigenvalue weighted by atomic mass is 10.0. The number of likely N-dealkylation sites (N-methyl/N-ethyl adjacent to an activating group) is 1. The number of thiophene rings is 1. The van der Waals surface area contributed by atoms with Crippen LogP contribution in [-0.2, 0) is 32.5 Å². The minimum Gasteiger partial charge on any atom is -0.383 e. The summed E-state index contributed by atoms with van der Waals surface area (Å²) in [6.07, 6.45) is 2.48. The number of ether oxygens (including phenoxy) is 1. The molecule has 0 aromatic carbocycles. The maximum Gasteiger partial charge on any atom is 0.257 e. The van der Waals surface area contributed by atoms with Gasteiger partial charge in [-0.05, 0) is 30.7 Å². The van der Waals surface area contributed by atoms with E-state index < -0.39 is 10.0 Å². The molecule has 0 bridgehead atoms. The number of carbonyl (C=O) groups is 2. The molecule has 3 heterocycles. The van der Waals surface area contributed by atoms with Gasteiger partial charge in [0.05, 0.1) is 24.5 Å². The van der Waals surface area contributed by atoms with Crippen LogP contribution in [0.4, 0.5) is 5.00 Å². The van der Waals surface area contributed by atoms with Gasteiger partial charge in [0.15, 0.2) is 0 Å². The Balaban J connectivity index is 1.68. The van der Waals surface area contributed by atoms with Gasteiger partial charge in [-0.1, -0.05) is 0 Å². The van der Waals surface area contributed by atoms with Crippen molar-refractivity contribution in [2.45, 2.75) is 25.8 Å². The van der Waals surface area contributed by atoms with Crippen molar-refractivity contribution in [2.75, 3.05) is 51.1 Å². The van der Waals surface area contributed by atoms with E-state index in [1.807, 2.05) is 0 Å². The first-order chi connectivity index (χ1) is 13.3. The van der Waals surface area contributed by atoms with E-state index in [9.17, 15) is 18.0 Å². The zero-order chi connectivity index (χ0) is 20.1. The van der Waals surface area contributed by atoms with E-state index in [2.05, 4.69) is 0 Å². The molecular weight excluding hydrogens is 402 g/mol. The predicted octanol–water partition coefficient (Wildman–Crippen LogP) is 0.911. The van der Waals surface area contributed by atoms with Crippen LogP contribution in [0, 0.1) is 5.92 Å². The van der Waals surface area contributed by atoms with Crippen molar-refractivity contribution in [3.8, 4) is 0 Å². The van der Waals surface area contributed by atoms with Gasteiger partial charge in [0, 0.05) is 32.1 Å². The lowest BCUT2D eigenvalue weighted by Crippen LogP contribution is -2.39. The fourth-order valence-corrected chi connectivity index (χ4v) is 7.09. The molecule has 0 radical (unpaired) electrons. The highest BCUT2D eigenvalue weighted by Crippen LogP contribution is 2.42. The molecule has 154 valence electrons. The lowest BCUT2D eigenvalue weighted by molar-refractivity contribution is -0.119. The highest BCUT2D eigenvalue weighted by molar-refractivity contribution is 7.89. The van der Waals surface area contributed by atoms with Crippen LogP contribution in [0.1, 0.15) is 33.6 Å². The second-order valence-electron chi connectivity index (χ2n) is 7.69. The summed E-state index contributed by atoms with van der Waals surface area (Å²) in [6, 6.07) is 0. The van der Waals surface area contributed by atoms with Gasteiger partial charge in [0.25, 0.3) is 5.91 Å². The molecule has 2 amide bonds. The molecule has 8 nitrogen and oxygen atoms in total. The zero-order valence-electron chi connectivity index (χ0n) is 16.1. The zero-order valence-corrected chi connectivity index (χ0v) is 17.8. The number of methoxy groups -OCH3 is 1. The number of anilines is 1. The van der Waals surface area contributed by atoms with E-state index >= 15 is 0 Å². The van der Waals surface area contributed by atoms with Crippen LogP contribution in [0.15, 0.2) is 0 Å². The van der Waals surface area contributed by atoms with E-state index in [4.69, 9.17) is 4.74 Å². The fourth-order valence-electron chi connectivity index (χ4n) is 3.77. The SMILES string of the molecule is COCCN1C(=O)CN(C)C(=O)c2c1sc1c2CCN(S(=O)(=O)CC2CC2)C1. The lowest BCUT2D eigenvalue weighted by Gasteiger charge is -2.27. The minimum absolute atomic E-state index is 0.0284. The van der Waals surface area contributed by atoms with E-state index in [1.165, 1.54) is 16.2 Å². The maximum atomic E-state index is 13.0. The summed E-state index contributed by atoms with van der Waals surface area (Å²) < 4.78 is 32.1. The Morgan fingerprint density at radius 3 is 2.64 bits per heavy atom. The molecule has 2 aliphatic heterocycles. The first-order valence-electron chi connectivity index (χ1n) is 9.49. The molecule has 1 aliphatic carbocycles.